The summed E-state index contributed by atoms with van der Waals surface area (Å²) in [4.78, 5) is 12.8. The van der Waals surface area contributed by atoms with Crippen molar-refractivity contribution in [3.8, 4) is 0 Å². The van der Waals surface area contributed by atoms with Crippen LogP contribution in [0.2, 0.25) is 0 Å². The van der Waals surface area contributed by atoms with E-state index in [1.54, 1.807) is 12.1 Å². The summed E-state index contributed by atoms with van der Waals surface area (Å²) in [6, 6.07) is 17.2. The van der Waals surface area contributed by atoms with Crippen molar-refractivity contribution in [1.82, 2.24) is 4.72 Å². The van der Waals surface area contributed by atoms with E-state index in [0.29, 0.717) is 5.56 Å². The van der Waals surface area contributed by atoms with E-state index < -0.39 is 0 Å². The monoisotopic (exact) mass is 243 g/mol. The van der Waals surface area contributed by atoms with Gasteiger partial charge in [-0.1, -0.05) is 35.9 Å². The molecule has 0 saturated carbocycles. The lowest BCUT2D eigenvalue weighted by atomic mass is 10.2. The summed E-state index contributed by atoms with van der Waals surface area (Å²) >= 11 is 1.33. The molecule has 0 fully saturated rings. The maximum absolute atomic E-state index is 11.8. The van der Waals surface area contributed by atoms with Gasteiger partial charge in [-0.2, -0.15) is 0 Å². The average Bonchev–Trinajstić information content (AvgIpc) is 2.39. The first-order valence-corrected chi connectivity index (χ1v) is 6.16. The SMILES string of the molecule is Cc1ccc(SNC(=O)c2ccccc2)cc1. The Morgan fingerprint density at radius 3 is 2.29 bits per heavy atom. The lowest BCUT2D eigenvalue weighted by molar-refractivity contribution is 0.0984. The van der Waals surface area contributed by atoms with E-state index >= 15 is 0 Å². The summed E-state index contributed by atoms with van der Waals surface area (Å²) in [5.41, 5.74) is 1.89. The third-order valence-electron chi connectivity index (χ3n) is 2.32. The van der Waals surface area contributed by atoms with Crippen molar-refractivity contribution in [3.05, 3.63) is 65.7 Å². The number of carbonyl (C=O) groups excluding carboxylic acids is 1. The van der Waals surface area contributed by atoms with Crippen LogP contribution in [0.25, 0.3) is 0 Å². The first kappa shape index (κ1) is 11.7. The van der Waals surface area contributed by atoms with Crippen LogP contribution in [0.1, 0.15) is 15.9 Å². The highest BCUT2D eigenvalue weighted by Crippen LogP contribution is 2.15. The van der Waals surface area contributed by atoms with Gasteiger partial charge in [0.1, 0.15) is 0 Å². The molecule has 0 spiro atoms. The van der Waals surface area contributed by atoms with Gasteiger partial charge in [0.15, 0.2) is 0 Å². The van der Waals surface area contributed by atoms with Crippen LogP contribution in [-0.4, -0.2) is 5.91 Å². The summed E-state index contributed by atoms with van der Waals surface area (Å²) in [5.74, 6) is -0.0730. The van der Waals surface area contributed by atoms with Crippen molar-refractivity contribution in [3.63, 3.8) is 0 Å². The zero-order valence-corrected chi connectivity index (χ0v) is 10.3. The van der Waals surface area contributed by atoms with E-state index in [1.165, 1.54) is 17.5 Å². The van der Waals surface area contributed by atoms with Gasteiger partial charge in [-0.05, 0) is 43.1 Å². The third kappa shape index (κ3) is 3.36. The van der Waals surface area contributed by atoms with Crippen molar-refractivity contribution in [2.24, 2.45) is 0 Å². The number of carbonyl (C=O) groups is 1. The van der Waals surface area contributed by atoms with E-state index in [4.69, 9.17) is 0 Å². The van der Waals surface area contributed by atoms with Gasteiger partial charge in [-0.25, -0.2) is 0 Å². The highest BCUT2D eigenvalue weighted by Gasteiger charge is 2.04. The van der Waals surface area contributed by atoms with Crippen LogP contribution in [0, 0.1) is 6.92 Å². The number of benzene rings is 2. The molecule has 2 aromatic rings. The molecule has 1 N–H and O–H groups in total. The number of amides is 1. The van der Waals surface area contributed by atoms with Gasteiger partial charge >= 0.3 is 0 Å². The predicted octanol–water partition coefficient (Wildman–Crippen LogP) is 3.43. The second kappa shape index (κ2) is 5.55. The van der Waals surface area contributed by atoms with Gasteiger partial charge < -0.3 is 0 Å². The molecule has 86 valence electrons. The smallest absolute Gasteiger partial charge is 0.261 e. The van der Waals surface area contributed by atoms with Crippen LogP contribution in [0.4, 0.5) is 0 Å². The molecule has 0 bridgehead atoms. The fourth-order valence-electron chi connectivity index (χ4n) is 1.36. The first-order valence-electron chi connectivity index (χ1n) is 5.34. The Labute approximate surface area is 105 Å². The number of aryl methyl sites for hydroxylation is 1. The summed E-state index contributed by atoms with van der Waals surface area (Å²) in [6.45, 7) is 2.04. The van der Waals surface area contributed by atoms with Gasteiger partial charge in [0, 0.05) is 10.5 Å². The molecule has 3 heteroatoms. The Kier molecular flexibility index (Phi) is 3.83. The Morgan fingerprint density at radius 2 is 1.65 bits per heavy atom. The topological polar surface area (TPSA) is 29.1 Å². The van der Waals surface area contributed by atoms with Crippen molar-refractivity contribution < 1.29 is 4.79 Å². The van der Waals surface area contributed by atoms with Crippen molar-refractivity contribution in [2.45, 2.75) is 11.8 Å². The van der Waals surface area contributed by atoms with E-state index in [0.717, 1.165) is 4.90 Å². The van der Waals surface area contributed by atoms with Crippen molar-refractivity contribution >= 4 is 17.9 Å². The molecule has 0 aliphatic rings. The van der Waals surface area contributed by atoms with E-state index in [-0.39, 0.29) is 5.91 Å². The van der Waals surface area contributed by atoms with Crippen LogP contribution in [-0.2, 0) is 0 Å². The molecular weight excluding hydrogens is 230 g/mol. The van der Waals surface area contributed by atoms with Crippen LogP contribution >= 0.6 is 11.9 Å². The zero-order chi connectivity index (χ0) is 12.1. The molecule has 0 aliphatic carbocycles. The molecule has 0 atom stereocenters. The molecule has 0 aromatic heterocycles. The molecule has 2 aromatic carbocycles. The number of hydrogen-bond donors (Lipinski definition) is 1. The zero-order valence-electron chi connectivity index (χ0n) is 9.51. The number of rotatable bonds is 3. The van der Waals surface area contributed by atoms with E-state index in [9.17, 15) is 4.79 Å². The number of nitrogens with one attached hydrogen (secondary N) is 1. The van der Waals surface area contributed by atoms with E-state index in [1.807, 2.05) is 49.4 Å². The van der Waals surface area contributed by atoms with Crippen molar-refractivity contribution in [1.29, 1.82) is 0 Å². The van der Waals surface area contributed by atoms with E-state index in [2.05, 4.69) is 4.72 Å². The van der Waals surface area contributed by atoms with Crippen molar-refractivity contribution in [2.75, 3.05) is 0 Å². The van der Waals surface area contributed by atoms with Gasteiger partial charge in [0.2, 0.25) is 0 Å². The Hall–Kier alpha value is -1.74. The summed E-state index contributed by atoms with van der Waals surface area (Å²) < 4.78 is 2.81. The molecule has 1 amide bonds. The quantitative estimate of drug-likeness (QED) is 0.837. The lowest BCUT2D eigenvalue weighted by Gasteiger charge is -2.04. The third-order valence-corrected chi connectivity index (χ3v) is 3.11. The van der Waals surface area contributed by atoms with Crippen LogP contribution in [0.3, 0.4) is 0 Å². The Bertz CT molecular complexity index is 493. The summed E-state index contributed by atoms with van der Waals surface area (Å²) in [6.07, 6.45) is 0. The predicted molar refractivity (Wildman–Crippen MR) is 70.9 cm³/mol. The molecule has 0 saturated heterocycles. The molecule has 17 heavy (non-hydrogen) atoms. The van der Waals surface area contributed by atoms with Crippen LogP contribution in [0.5, 0.6) is 0 Å². The normalized spacial score (nSPS) is 9.94. The second-order valence-electron chi connectivity index (χ2n) is 3.71. The largest absolute Gasteiger partial charge is 0.292 e. The molecule has 0 radical (unpaired) electrons. The molecule has 0 unspecified atom stereocenters. The Morgan fingerprint density at radius 1 is 1.00 bits per heavy atom. The Balaban J connectivity index is 1.95. The van der Waals surface area contributed by atoms with Crippen LogP contribution in [0.15, 0.2) is 59.5 Å². The minimum absolute atomic E-state index is 0.0730. The lowest BCUT2D eigenvalue weighted by Crippen LogP contribution is -2.15. The molecule has 2 rings (SSSR count). The molecule has 0 heterocycles. The number of hydrogen-bond acceptors (Lipinski definition) is 2. The maximum atomic E-state index is 11.8. The molecule has 2 nitrogen and oxygen atoms in total. The van der Waals surface area contributed by atoms with Gasteiger partial charge in [-0.15, -0.1) is 0 Å². The summed E-state index contributed by atoms with van der Waals surface area (Å²) in [7, 11) is 0. The molecule has 0 aliphatic heterocycles. The fraction of sp³-hybridized carbons (Fsp3) is 0.0714. The standard InChI is InChI=1S/C14H13NOS/c1-11-7-9-13(10-8-11)17-15-14(16)12-5-3-2-4-6-12/h2-10H,1H3,(H,15,16). The van der Waals surface area contributed by atoms with Gasteiger partial charge in [0.05, 0.1) is 0 Å². The first-order chi connectivity index (χ1) is 8.25. The van der Waals surface area contributed by atoms with Crippen LogP contribution < -0.4 is 4.72 Å². The summed E-state index contributed by atoms with van der Waals surface area (Å²) in [5, 5.41) is 0. The van der Waals surface area contributed by atoms with Gasteiger partial charge in [0.25, 0.3) is 5.91 Å². The maximum Gasteiger partial charge on any atom is 0.261 e. The fourth-order valence-corrected chi connectivity index (χ4v) is 1.96. The highest BCUT2D eigenvalue weighted by molar-refractivity contribution is 7.98. The minimum atomic E-state index is -0.0730. The molecular formula is C14H13NOS. The second-order valence-corrected chi connectivity index (χ2v) is 4.59. The minimum Gasteiger partial charge on any atom is -0.292 e. The average molecular weight is 243 g/mol. The van der Waals surface area contributed by atoms with Gasteiger partial charge in [-0.3, -0.25) is 9.52 Å². The highest BCUT2D eigenvalue weighted by atomic mass is 32.2.